The van der Waals surface area contributed by atoms with Gasteiger partial charge in [-0.05, 0) is 43.2 Å². The van der Waals surface area contributed by atoms with Crippen LogP contribution in [0.1, 0.15) is 22.7 Å². The first kappa shape index (κ1) is 16.1. The van der Waals surface area contributed by atoms with Gasteiger partial charge in [0.2, 0.25) is 0 Å². The largest absolute Gasteiger partial charge is 0.323 e. The molecule has 0 amide bonds. The summed E-state index contributed by atoms with van der Waals surface area (Å²) in [6.07, 6.45) is 0. The van der Waals surface area contributed by atoms with Gasteiger partial charge in [-0.2, -0.15) is 0 Å². The van der Waals surface area contributed by atoms with Crippen LogP contribution in [0.25, 0.3) is 0 Å². The van der Waals surface area contributed by atoms with E-state index >= 15 is 0 Å². The molecule has 5 heteroatoms. The molecular formula is C16H17ClFNOS. The van der Waals surface area contributed by atoms with Crippen LogP contribution in [0.4, 0.5) is 4.39 Å². The number of aryl methyl sites for hydroxylation is 2. The lowest BCUT2D eigenvalue weighted by atomic mass is 10.0. The van der Waals surface area contributed by atoms with Gasteiger partial charge in [-0.15, -0.1) is 0 Å². The molecule has 2 N–H and O–H groups in total. The molecule has 0 heterocycles. The number of hydrogen-bond acceptors (Lipinski definition) is 2. The highest BCUT2D eigenvalue weighted by Gasteiger charge is 2.15. The van der Waals surface area contributed by atoms with Crippen LogP contribution in [0.2, 0.25) is 5.02 Å². The van der Waals surface area contributed by atoms with E-state index in [1.807, 2.05) is 32.0 Å². The van der Waals surface area contributed by atoms with Gasteiger partial charge in [0.15, 0.2) is 0 Å². The fourth-order valence-corrected chi connectivity index (χ4v) is 3.62. The molecule has 0 saturated carbocycles. The van der Waals surface area contributed by atoms with Crippen LogP contribution in [0, 0.1) is 19.7 Å². The maximum atomic E-state index is 13.1. The fraction of sp³-hybridized carbons (Fsp3) is 0.250. The van der Waals surface area contributed by atoms with Crippen molar-refractivity contribution < 1.29 is 8.60 Å². The number of rotatable bonds is 4. The van der Waals surface area contributed by atoms with Crippen molar-refractivity contribution in [2.75, 3.05) is 5.75 Å². The molecule has 21 heavy (non-hydrogen) atoms. The minimum absolute atomic E-state index is 0.0269. The molecule has 2 nitrogen and oxygen atoms in total. The third-order valence-electron chi connectivity index (χ3n) is 3.31. The van der Waals surface area contributed by atoms with Gasteiger partial charge in [-0.25, -0.2) is 4.39 Å². The molecule has 0 spiro atoms. The first-order valence-corrected chi connectivity index (χ1v) is 8.24. The van der Waals surface area contributed by atoms with Gasteiger partial charge < -0.3 is 5.73 Å². The third kappa shape index (κ3) is 3.90. The second kappa shape index (κ2) is 6.69. The van der Waals surface area contributed by atoms with Crippen LogP contribution in [0.5, 0.6) is 0 Å². The topological polar surface area (TPSA) is 43.1 Å². The predicted molar refractivity (Wildman–Crippen MR) is 85.5 cm³/mol. The van der Waals surface area contributed by atoms with E-state index in [1.165, 1.54) is 18.2 Å². The summed E-state index contributed by atoms with van der Waals surface area (Å²) in [6.45, 7) is 4.00. The Morgan fingerprint density at radius 2 is 1.95 bits per heavy atom. The average Bonchev–Trinajstić information content (AvgIpc) is 2.41. The van der Waals surface area contributed by atoms with E-state index in [-0.39, 0.29) is 16.8 Å². The Bertz CT molecular complexity index is 690. The van der Waals surface area contributed by atoms with E-state index in [4.69, 9.17) is 17.3 Å². The van der Waals surface area contributed by atoms with Gasteiger partial charge in [-0.1, -0.05) is 35.4 Å². The van der Waals surface area contributed by atoms with Crippen molar-refractivity contribution >= 4 is 22.4 Å². The van der Waals surface area contributed by atoms with E-state index in [9.17, 15) is 8.60 Å². The van der Waals surface area contributed by atoms with E-state index in [0.29, 0.717) is 4.90 Å². The first-order valence-electron chi connectivity index (χ1n) is 6.54. The number of nitrogens with two attached hydrogens (primary N) is 1. The summed E-state index contributed by atoms with van der Waals surface area (Å²) in [4.78, 5) is 0.488. The lowest BCUT2D eigenvalue weighted by Gasteiger charge is -2.15. The summed E-state index contributed by atoms with van der Waals surface area (Å²) < 4.78 is 25.4. The van der Waals surface area contributed by atoms with Gasteiger partial charge in [-0.3, -0.25) is 4.21 Å². The van der Waals surface area contributed by atoms with Crippen molar-refractivity contribution in [3.05, 3.63) is 63.9 Å². The summed E-state index contributed by atoms with van der Waals surface area (Å²) in [6, 6.07) is 9.75. The van der Waals surface area contributed by atoms with Gasteiger partial charge >= 0.3 is 0 Å². The highest BCUT2D eigenvalue weighted by molar-refractivity contribution is 7.85. The van der Waals surface area contributed by atoms with Crippen molar-refractivity contribution in [3.63, 3.8) is 0 Å². The van der Waals surface area contributed by atoms with Gasteiger partial charge in [0.05, 0.1) is 15.8 Å². The predicted octanol–water partition coefficient (Wildman–Crippen LogP) is 3.90. The van der Waals surface area contributed by atoms with Crippen molar-refractivity contribution in [2.45, 2.75) is 24.8 Å². The molecule has 2 atom stereocenters. The molecule has 0 aliphatic rings. The first-order chi connectivity index (χ1) is 9.88. The fourth-order valence-electron chi connectivity index (χ4n) is 2.21. The lowest BCUT2D eigenvalue weighted by molar-refractivity contribution is 0.626. The minimum atomic E-state index is -1.32. The smallest absolute Gasteiger partial charge is 0.141 e. The van der Waals surface area contributed by atoms with E-state index in [0.717, 1.165) is 16.7 Å². The van der Waals surface area contributed by atoms with Crippen LogP contribution in [0.3, 0.4) is 0 Å². The third-order valence-corrected chi connectivity index (χ3v) is 5.04. The molecule has 0 bridgehead atoms. The molecule has 2 aromatic carbocycles. The van der Waals surface area contributed by atoms with Crippen LogP contribution in [-0.4, -0.2) is 9.96 Å². The highest BCUT2D eigenvalue weighted by atomic mass is 35.5. The Morgan fingerprint density at radius 1 is 1.24 bits per heavy atom. The van der Waals surface area contributed by atoms with Gasteiger partial charge in [0.25, 0.3) is 0 Å². The quantitative estimate of drug-likeness (QED) is 0.926. The molecule has 2 aromatic rings. The van der Waals surface area contributed by atoms with Gasteiger partial charge in [0, 0.05) is 16.7 Å². The SMILES string of the molecule is Cc1ccc(C(N)CS(=O)c2ccc(F)c(Cl)c2)c(C)c1. The van der Waals surface area contributed by atoms with Crippen LogP contribution in [-0.2, 0) is 10.8 Å². The monoisotopic (exact) mass is 325 g/mol. The molecule has 0 aliphatic carbocycles. The average molecular weight is 326 g/mol. The molecule has 0 aromatic heterocycles. The van der Waals surface area contributed by atoms with E-state index < -0.39 is 16.6 Å². The van der Waals surface area contributed by atoms with E-state index in [1.54, 1.807) is 0 Å². The molecular weight excluding hydrogens is 309 g/mol. The Balaban J connectivity index is 2.16. The molecule has 0 radical (unpaired) electrons. The molecule has 0 saturated heterocycles. The molecule has 0 aliphatic heterocycles. The molecule has 2 rings (SSSR count). The normalized spacial score (nSPS) is 14.0. The second-order valence-electron chi connectivity index (χ2n) is 5.05. The van der Waals surface area contributed by atoms with Crippen molar-refractivity contribution in [3.8, 4) is 0 Å². The highest BCUT2D eigenvalue weighted by Crippen LogP contribution is 2.22. The Kier molecular flexibility index (Phi) is 5.14. The van der Waals surface area contributed by atoms with Crippen LogP contribution >= 0.6 is 11.6 Å². The number of hydrogen-bond donors (Lipinski definition) is 1. The van der Waals surface area contributed by atoms with Crippen molar-refractivity contribution in [1.29, 1.82) is 0 Å². The standard InChI is InChI=1S/C16H17ClFNOS/c1-10-3-5-13(11(2)7-10)16(19)9-21(20)12-4-6-15(18)14(17)8-12/h3-8,16H,9,19H2,1-2H3. The minimum Gasteiger partial charge on any atom is -0.323 e. The van der Waals surface area contributed by atoms with Crippen LogP contribution < -0.4 is 5.73 Å². The summed E-state index contributed by atoms with van der Waals surface area (Å²) in [7, 11) is -1.32. The van der Waals surface area contributed by atoms with Gasteiger partial charge in [0.1, 0.15) is 5.82 Å². The second-order valence-corrected chi connectivity index (χ2v) is 6.96. The Morgan fingerprint density at radius 3 is 2.57 bits per heavy atom. The molecule has 2 unspecified atom stereocenters. The van der Waals surface area contributed by atoms with Crippen molar-refractivity contribution in [1.82, 2.24) is 0 Å². The summed E-state index contributed by atoms with van der Waals surface area (Å²) in [5, 5.41) is -0.0269. The zero-order valence-corrected chi connectivity index (χ0v) is 13.5. The Labute approximate surface area is 131 Å². The zero-order valence-electron chi connectivity index (χ0n) is 11.9. The van der Waals surface area contributed by atoms with Crippen molar-refractivity contribution in [2.24, 2.45) is 5.73 Å². The Hall–Kier alpha value is -1.23. The maximum absolute atomic E-state index is 13.1. The number of halogens is 2. The maximum Gasteiger partial charge on any atom is 0.141 e. The zero-order chi connectivity index (χ0) is 15.6. The van der Waals surface area contributed by atoms with Crippen LogP contribution in [0.15, 0.2) is 41.3 Å². The van der Waals surface area contributed by atoms with E-state index in [2.05, 4.69) is 0 Å². The summed E-state index contributed by atoms with van der Waals surface area (Å²) >= 11 is 5.71. The lowest BCUT2D eigenvalue weighted by Crippen LogP contribution is -2.19. The molecule has 0 fully saturated rings. The number of benzene rings is 2. The summed E-state index contributed by atoms with van der Waals surface area (Å²) in [5.41, 5.74) is 9.37. The summed E-state index contributed by atoms with van der Waals surface area (Å²) in [5.74, 6) is -0.248. The molecule has 112 valence electrons.